The predicted octanol–water partition coefficient (Wildman–Crippen LogP) is 4.80. The van der Waals surface area contributed by atoms with Crippen LogP contribution in [-0.4, -0.2) is 48.0 Å². The Bertz CT molecular complexity index is 485. The molecule has 0 heterocycles. The highest BCUT2D eigenvalue weighted by atomic mass is 16.3. The van der Waals surface area contributed by atoms with Crippen LogP contribution in [0.3, 0.4) is 0 Å². The fourth-order valence-electron chi connectivity index (χ4n) is 4.88. The van der Waals surface area contributed by atoms with Gasteiger partial charge in [0.2, 0.25) is 0 Å². The van der Waals surface area contributed by atoms with E-state index in [1.165, 1.54) is 45.1 Å². The van der Waals surface area contributed by atoms with Crippen molar-refractivity contribution in [2.75, 3.05) is 20.6 Å². The molecule has 27 heavy (non-hydrogen) atoms. The lowest BCUT2D eigenvalue weighted by Gasteiger charge is -2.20. The van der Waals surface area contributed by atoms with Crippen molar-refractivity contribution in [3.63, 3.8) is 0 Å². The Balaban J connectivity index is 1.78. The predicted molar refractivity (Wildman–Crippen MR) is 115 cm³/mol. The first kappa shape index (κ1) is 22.6. The van der Waals surface area contributed by atoms with Gasteiger partial charge in [-0.3, -0.25) is 0 Å². The smallest absolute Gasteiger partial charge is 0.0746 e. The molecule has 3 nitrogen and oxygen atoms in total. The van der Waals surface area contributed by atoms with Crippen LogP contribution in [0.4, 0.5) is 0 Å². The van der Waals surface area contributed by atoms with Gasteiger partial charge in [-0.05, 0) is 76.9 Å². The first-order valence-electron chi connectivity index (χ1n) is 11.3. The van der Waals surface area contributed by atoms with E-state index in [0.717, 1.165) is 19.3 Å². The molecule has 0 saturated heterocycles. The molecule has 3 heteroatoms. The molecule has 0 aliphatic heterocycles. The maximum absolute atomic E-state index is 10.5. The SMILES string of the molecule is CCCC[C@H](C)[C@H](O)C=C[C@@H]1[C@H]2CC(CCCCCN(C)C)=C[C@H]2C[C@H]1O. The summed E-state index contributed by atoms with van der Waals surface area (Å²) in [5, 5.41) is 20.9. The number of fused-ring (bicyclic) bond motifs is 1. The minimum absolute atomic E-state index is 0.213. The fraction of sp³-hybridized carbons (Fsp3) is 0.833. The Morgan fingerprint density at radius 2 is 2.00 bits per heavy atom. The molecule has 2 N–H and O–H groups in total. The highest BCUT2D eigenvalue weighted by Gasteiger charge is 2.43. The molecule has 2 rings (SSSR count). The third-order valence-electron chi connectivity index (χ3n) is 6.68. The second-order valence-corrected chi connectivity index (χ2v) is 9.35. The average Bonchev–Trinajstić information content (AvgIpc) is 3.13. The number of rotatable bonds is 12. The maximum Gasteiger partial charge on any atom is 0.0746 e. The molecule has 2 aliphatic carbocycles. The molecule has 0 aromatic heterocycles. The van der Waals surface area contributed by atoms with Crippen molar-refractivity contribution in [2.45, 2.75) is 83.8 Å². The van der Waals surface area contributed by atoms with Crippen molar-refractivity contribution in [3.05, 3.63) is 23.8 Å². The highest BCUT2D eigenvalue weighted by Crippen LogP contribution is 2.48. The van der Waals surface area contributed by atoms with Gasteiger partial charge in [0.1, 0.15) is 0 Å². The van der Waals surface area contributed by atoms with Crippen LogP contribution in [0.5, 0.6) is 0 Å². The van der Waals surface area contributed by atoms with Gasteiger partial charge in [0, 0.05) is 5.92 Å². The quantitative estimate of drug-likeness (QED) is 0.379. The third kappa shape index (κ3) is 7.03. The largest absolute Gasteiger partial charge is 0.392 e. The average molecular weight is 378 g/mol. The van der Waals surface area contributed by atoms with E-state index in [4.69, 9.17) is 0 Å². The Hall–Kier alpha value is -0.640. The van der Waals surface area contributed by atoms with Crippen LogP contribution in [0.2, 0.25) is 0 Å². The summed E-state index contributed by atoms with van der Waals surface area (Å²) in [5.41, 5.74) is 1.61. The van der Waals surface area contributed by atoms with Gasteiger partial charge in [-0.1, -0.05) is 56.9 Å². The first-order valence-corrected chi connectivity index (χ1v) is 11.3. The molecule has 2 aliphatic rings. The molecule has 1 saturated carbocycles. The Kier molecular flexibility index (Phi) is 9.55. The zero-order chi connectivity index (χ0) is 19.8. The Morgan fingerprint density at radius 1 is 1.22 bits per heavy atom. The van der Waals surface area contributed by atoms with Gasteiger partial charge in [-0.25, -0.2) is 0 Å². The molecular formula is C24H43NO2. The minimum atomic E-state index is -0.381. The van der Waals surface area contributed by atoms with Gasteiger partial charge in [-0.2, -0.15) is 0 Å². The summed E-state index contributed by atoms with van der Waals surface area (Å²) in [4.78, 5) is 2.26. The zero-order valence-electron chi connectivity index (χ0n) is 18.1. The van der Waals surface area contributed by atoms with Crippen molar-refractivity contribution in [3.8, 4) is 0 Å². The monoisotopic (exact) mass is 377 g/mol. The van der Waals surface area contributed by atoms with Gasteiger partial charge in [0.15, 0.2) is 0 Å². The van der Waals surface area contributed by atoms with E-state index in [-0.39, 0.29) is 18.1 Å². The van der Waals surface area contributed by atoms with E-state index < -0.39 is 0 Å². The first-order chi connectivity index (χ1) is 12.9. The molecule has 0 unspecified atom stereocenters. The van der Waals surface area contributed by atoms with E-state index in [0.29, 0.717) is 17.8 Å². The van der Waals surface area contributed by atoms with E-state index in [1.54, 1.807) is 5.57 Å². The molecule has 1 fully saturated rings. The molecule has 0 spiro atoms. The van der Waals surface area contributed by atoms with Gasteiger partial charge in [-0.15, -0.1) is 0 Å². The second kappa shape index (κ2) is 11.4. The molecule has 0 radical (unpaired) electrons. The molecule has 6 atom stereocenters. The minimum Gasteiger partial charge on any atom is -0.392 e. The molecule has 0 bridgehead atoms. The summed E-state index contributed by atoms with van der Waals surface area (Å²) in [7, 11) is 4.28. The van der Waals surface area contributed by atoms with Crippen LogP contribution in [0.1, 0.15) is 71.6 Å². The summed E-state index contributed by atoms with van der Waals surface area (Å²) < 4.78 is 0. The maximum atomic E-state index is 10.5. The van der Waals surface area contributed by atoms with Crippen LogP contribution in [0.25, 0.3) is 0 Å². The third-order valence-corrected chi connectivity index (χ3v) is 6.68. The fourth-order valence-corrected chi connectivity index (χ4v) is 4.88. The van der Waals surface area contributed by atoms with Crippen LogP contribution < -0.4 is 0 Å². The molecular weight excluding hydrogens is 334 g/mol. The van der Waals surface area contributed by atoms with Crippen molar-refractivity contribution < 1.29 is 10.2 Å². The summed E-state index contributed by atoms with van der Waals surface area (Å²) in [6.45, 7) is 5.50. The van der Waals surface area contributed by atoms with Crippen LogP contribution >= 0.6 is 0 Å². The molecule has 0 aromatic carbocycles. The normalized spacial score (nSPS) is 30.1. The number of hydrogen-bond acceptors (Lipinski definition) is 3. The van der Waals surface area contributed by atoms with Gasteiger partial charge >= 0.3 is 0 Å². The Morgan fingerprint density at radius 3 is 2.70 bits per heavy atom. The Labute approximate surface area is 167 Å². The summed E-state index contributed by atoms with van der Waals surface area (Å²) in [6.07, 6.45) is 16.5. The number of allylic oxidation sites excluding steroid dienone is 2. The number of hydrogen-bond donors (Lipinski definition) is 2. The van der Waals surface area contributed by atoms with Crippen molar-refractivity contribution in [1.82, 2.24) is 4.90 Å². The second-order valence-electron chi connectivity index (χ2n) is 9.35. The summed E-state index contributed by atoms with van der Waals surface area (Å²) in [5.74, 6) is 1.60. The lowest BCUT2D eigenvalue weighted by molar-refractivity contribution is 0.135. The topological polar surface area (TPSA) is 43.7 Å². The summed E-state index contributed by atoms with van der Waals surface area (Å²) in [6, 6.07) is 0. The van der Waals surface area contributed by atoms with Crippen LogP contribution in [0.15, 0.2) is 23.8 Å². The summed E-state index contributed by atoms with van der Waals surface area (Å²) >= 11 is 0. The standard InChI is InChI=1S/C24H43NO2/c1-5-6-10-18(2)23(26)13-12-21-22-16-19(15-20(22)17-24(21)27)11-8-7-9-14-25(3)4/h12-13,15,18,20-24,26-27H,5-11,14,16-17H2,1-4H3/t18-,20-,21+,22-,23+,24+/m0/s1. The van der Waals surface area contributed by atoms with Crippen molar-refractivity contribution >= 4 is 0 Å². The number of aliphatic hydroxyl groups is 2. The highest BCUT2D eigenvalue weighted by molar-refractivity contribution is 5.21. The van der Waals surface area contributed by atoms with Gasteiger partial charge in [0.05, 0.1) is 12.2 Å². The number of unbranched alkanes of at least 4 members (excludes halogenated alkanes) is 3. The molecule has 156 valence electrons. The van der Waals surface area contributed by atoms with Gasteiger partial charge < -0.3 is 15.1 Å². The zero-order valence-corrected chi connectivity index (χ0v) is 18.1. The van der Waals surface area contributed by atoms with Crippen molar-refractivity contribution in [1.29, 1.82) is 0 Å². The molecule has 0 aromatic rings. The van der Waals surface area contributed by atoms with E-state index in [9.17, 15) is 10.2 Å². The number of aliphatic hydroxyl groups excluding tert-OH is 2. The molecule has 0 amide bonds. The van der Waals surface area contributed by atoms with Gasteiger partial charge in [0.25, 0.3) is 0 Å². The van der Waals surface area contributed by atoms with E-state index >= 15 is 0 Å². The van der Waals surface area contributed by atoms with Crippen LogP contribution in [0, 0.1) is 23.7 Å². The lowest BCUT2D eigenvalue weighted by atomic mass is 9.87. The van der Waals surface area contributed by atoms with Crippen molar-refractivity contribution in [2.24, 2.45) is 23.7 Å². The van der Waals surface area contributed by atoms with E-state index in [2.05, 4.69) is 45.0 Å². The van der Waals surface area contributed by atoms with Crippen LogP contribution in [-0.2, 0) is 0 Å². The van der Waals surface area contributed by atoms with E-state index in [1.807, 2.05) is 6.08 Å². The number of nitrogens with zero attached hydrogens (tertiary/aromatic N) is 1. The lowest BCUT2D eigenvalue weighted by Crippen LogP contribution is -2.20.